The first-order chi connectivity index (χ1) is 11.8. The summed E-state index contributed by atoms with van der Waals surface area (Å²) in [6.45, 7) is 3.42. The van der Waals surface area contributed by atoms with Crippen LogP contribution < -0.4 is 10.5 Å². The zero-order valence-electron chi connectivity index (χ0n) is 14.0. The molecule has 11 heteroatoms. The van der Waals surface area contributed by atoms with E-state index in [2.05, 4.69) is 5.10 Å². The van der Waals surface area contributed by atoms with Gasteiger partial charge in [0.25, 0.3) is 0 Å². The van der Waals surface area contributed by atoms with E-state index >= 15 is 0 Å². The molecular formula is C14H21FN4O6. The molecule has 1 aromatic rings. The Morgan fingerprint density at radius 1 is 1.64 bits per heavy atom. The molecule has 1 aliphatic heterocycles. The van der Waals surface area contributed by atoms with Gasteiger partial charge >= 0.3 is 17.7 Å². The van der Waals surface area contributed by atoms with Crippen LogP contribution in [0.1, 0.15) is 31.5 Å². The van der Waals surface area contributed by atoms with Crippen LogP contribution in [0.5, 0.6) is 5.88 Å². The predicted octanol–water partition coefficient (Wildman–Crippen LogP) is 1.65. The third kappa shape index (κ3) is 4.56. The molecule has 10 nitrogen and oxygen atoms in total. The summed E-state index contributed by atoms with van der Waals surface area (Å²) in [7, 11) is 0. The minimum absolute atomic E-state index is 0.0264. The predicted molar refractivity (Wildman–Crippen MR) is 83.2 cm³/mol. The van der Waals surface area contributed by atoms with Gasteiger partial charge in [0.15, 0.2) is 0 Å². The summed E-state index contributed by atoms with van der Waals surface area (Å²) < 4.78 is 30.5. The van der Waals surface area contributed by atoms with Gasteiger partial charge in [0.05, 0.1) is 24.2 Å². The summed E-state index contributed by atoms with van der Waals surface area (Å²) in [5.74, 6) is -0.188. The molecular weight excluding hydrogens is 339 g/mol. The third-order valence-electron chi connectivity index (χ3n) is 3.92. The van der Waals surface area contributed by atoms with Gasteiger partial charge in [0.2, 0.25) is 0 Å². The first-order valence-electron chi connectivity index (χ1n) is 7.85. The van der Waals surface area contributed by atoms with Gasteiger partial charge in [-0.1, -0.05) is 0 Å². The van der Waals surface area contributed by atoms with Crippen molar-refractivity contribution in [3.63, 3.8) is 0 Å². The second-order valence-corrected chi connectivity index (χ2v) is 5.77. The van der Waals surface area contributed by atoms with E-state index in [1.807, 2.05) is 0 Å². The van der Waals surface area contributed by atoms with Gasteiger partial charge in [-0.2, -0.15) is 0 Å². The molecule has 1 aliphatic rings. The lowest BCUT2D eigenvalue weighted by Crippen LogP contribution is -2.32. The number of halogens is 1. The van der Waals surface area contributed by atoms with Gasteiger partial charge in [-0.15, -0.1) is 5.10 Å². The van der Waals surface area contributed by atoms with Crippen LogP contribution in [0.4, 0.5) is 14.9 Å². The van der Waals surface area contributed by atoms with Crippen molar-refractivity contribution in [3.8, 4) is 5.88 Å². The number of hydrogen-bond donors (Lipinski definition) is 1. The standard InChI is InChI=1S/C14H21FN4O6/c1-8(25-14(16)20)3-6-24-13-12(19(21)22)9(2)18(17-13)11-4-5-23-7-10(11)15/h8,10-11H,3-7H2,1-2H3,(H2,16,20). The summed E-state index contributed by atoms with van der Waals surface area (Å²) in [5.41, 5.74) is 4.82. The number of hydrogen-bond acceptors (Lipinski definition) is 7. The third-order valence-corrected chi connectivity index (χ3v) is 3.92. The average molecular weight is 360 g/mol. The summed E-state index contributed by atoms with van der Waals surface area (Å²) in [4.78, 5) is 21.4. The molecule has 3 unspecified atom stereocenters. The van der Waals surface area contributed by atoms with Crippen molar-refractivity contribution < 1.29 is 28.3 Å². The normalized spacial score (nSPS) is 21.6. The second-order valence-electron chi connectivity index (χ2n) is 5.77. The van der Waals surface area contributed by atoms with Crippen molar-refractivity contribution in [3.05, 3.63) is 15.8 Å². The van der Waals surface area contributed by atoms with Crippen molar-refractivity contribution in [2.45, 2.75) is 45.0 Å². The first kappa shape index (κ1) is 18.9. The fourth-order valence-corrected chi connectivity index (χ4v) is 2.66. The van der Waals surface area contributed by atoms with E-state index in [-0.39, 0.29) is 36.9 Å². The molecule has 0 aromatic carbocycles. The quantitative estimate of drug-likeness (QED) is 0.577. The summed E-state index contributed by atoms with van der Waals surface area (Å²) in [6.07, 6.45) is -2.08. The Labute approximate surface area is 143 Å². The van der Waals surface area contributed by atoms with Crippen LogP contribution in [-0.4, -0.2) is 52.9 Å². The smallest absolute Gasteiger partial charge is 0.404 e. The van der Waals surface area contributed by atoms with E-state index < -0.39 is 29.3 Å². The van der Waals surface area contributed by atoms with Gasteiger partial charge in [-0.25, -0.2) is 9.18 Å². The Balaban J connectivity index is 2.13. The van der Waals surface area contributed by atoms with Crippen LogP contribution >= 0.6 is 0 Å². The highest BCUT2D eigenvalue weighted by Crippen LogP contribution is 2.35. The van der Waals surface area contributed by atoms with Gasteiger partial charge in [0, 0.05) is 13.0 Å². The Morgan fingerprint density at radius 2 is 2.36 bits per heavy atom. The molecule has 1 amide bonds. The molecule has 0 saturated carbocycles. The molecule has 2 heterocycles. The van der Waals surface area contributed by atoms with Crippen molar-refractivity contribution in [2.75, 3.05) is 19.8 Å². The summed E-state index contributed by atoms with van der Waals surface area (Å²) in [6, 6.07) is -0.637. The van der Waals surface area contributed by atoms with Crippen LogP contribution in [0.3, 0.4) is 0 Å². The van der Waals surface area contributed by atoms with Crippen molar-refractivity contribution in [1.29, 1.82) is 0 Å². The van der Waals surface area contributed by atoms with Crippen LogP contribution in [-0.2, 0) is 9.47 Å². The molecule has 2 N–H and O–H groups in total. The number of carbonyl (C=O) groups excluding carboxylic acids is 1. The highest BCUT2D eigenvalue weighted by atomic mass is 19.1. The number of nitrogens with two attached hydrogens (primary N) is 1. The molecule has 0 bridgehead atoms. The van der Waals surface area contributed by atoms with E-state index in [1.54, 1.807) is 6.92 Å². The second kappa shape index (κ2) is 8.10. The largest absolute Gasteiger partial charge is 0.472 e. The Morgan fingerprint density at radius 3 is 2.96 bits per heavy atom. The highest BCUT2D eigenvalue weighted by Gasteiger charge is 2.34. The topological polar surface area (TPSA) is 132 Å². The number of nitrogens with zero attached hydrogens (tertiary/aromatic N) is 3. The molecule has 3 atom stereocenters. The average Bonchev–Trinajstić information content (AvgIpc) is 2.83. The maximum absolute atomic E-state index is 14.1. The van der Waals surface area contributed by atoms with Crippen molar-refractivity contribution >= 4 is 11.8 Å². The zero-order chi connectivity index (χ0) is 18.6. The molecule has 1 saturated heterocycles. The fourth-order valence-electron chi connectivity index (χ4n) is 2.66. The molecule has 0 aliphatic carbocycles. The number of aromatic nitrogens is 2. The molecule has 0 radical (unpaired) electrons. The minimum atomic E-state index is -1.30. The molecule has 0 spiro atoms. The summed E-state index contributed by atoms with van der Waals surface area (Å²) >= 11 is 0. The molecule has 2 rings (SSSR count). The number of ether oxygens (including phenoxy) is 3. The molecule has 25 heavy (non-hydrogen) atoms. The van der Waals surface area contributed by atoms with Gasteiger partial charge in [0.1, 0.15) is 18.0 Å². The van der Waals surface area contributed by atoms with E-state index in [0.29, 0.717) is 13.0 Å². The van der Waals surface area contributed by atoms with Crippen LogP contribution in [0.2, 0.25) is 0 Å². The van der Waals surface area contributed by atoms with Gasteiger partial charge in [-0.05, 0) is 20.3 Å². The van der Waals surface area contributed by atoms with E-state index in [9.17, 15) is 19.3 Å². The highest BCUT2D eigenvalue weighted by molar-refractivity contribution is 5.64. The fraction of sp³-hybridized carbons (Fsp3) is 0.714. The van der Waals surface area contributed by atoms with Crippen molar-refractivity contribution in [1.82, 2.24) is 9.78 Å². The SMILES string of the molecule is Cc1c([N+](=O)[O-])c(OCCC(C)OC(N)=O)nn1C1CCOCC1F. The van der Waals surface area contributed by atoms with Crippen LogP contribution in [0.25, 0.3) is 0 Å². The molecule has 140 valence electrons. The zero-order valence-corrected chi connectivity index (χ0v) is 14.0. The monoisotopic (exact) mass is 360 g/mol. The van der Waals surface area contributed by atoms with Crippen molar-refractivity contribution in [2.24, 2.45) is 5.73 Å². The first-order valence-corrected chi connectivity index (χ1v) is 7.85. The lowest BCUT2D eigenvalue weighted by molar-refractivity contribution is -0.386. The Bertz CT molecular complexity index is 637. The minimum Gasteiger partial charge on any atom is -0.472 e. The van der Waals surface area contributed by atoms with Crippen LogP contribution in [0.15, 0.2) is 0 Å². The molecule has 1 aromatic heterocycles. The van der Waals surface area contributed by atoms with E-state index in [0.717, 1.165) is 0 Å². The number of rotatable bonds is 7. The van der Waals surface area contributed by atoms with Gasteiger partial charge in [-0.3, -0.25) is 14.8 Å². The molecule has 1 fully saturated rings. The van der Waals surface area contributed by atoms with Crippen LogP contribution in [0, 0.1) is 17.0 Å². The maximum Gasteiger partial charge on any atom is 0.404 e. The maximum atomic E-state index is 14.1. The Hall–Kier alpha value is -2.43. The lowest BCUT2D eigenvalue weighted by Gasteiger charge is -2.26. The number of carbonyl (C=O) groups is 1. The lowest BCUT2D eigenvalue weighted by atomic mass is 10.1. The summed E-state index contributed by atoms with van der Waals surface area (Å²) in [5, 5.41) is 15.4. The van der Waals surface area contributed by atoms with E-state index in [4.69, 9.17) is 19.9 Å². The number of nitro groups is 1. The number of alkyl halides is 1. The van der Waals surface area contributed by atoms with Gasteiger partial charge < -0.3 is 19.9 Å². The number of amides is 1. The van der Waals surface area contributed by atoms with E-state index in [1.165, 1.54) is 11.6 Å². The number of primary amides is 1. The Kier molecular flexibility index (Phi) is 6.12.